The zero-order chi connectivity index (χ0) is 15.5. The summed E-state index contributed by atoms with van der Waals surface area (Å²) in [5, 5.41) is 3.00. The van der Waals surface area contributed by atoms with Crippen LogP contribution in [0.4, 0.5) is 17.6 Å². The first-order valence-corrected chi connectivity index (χ1v) is 6.43. The summed E-state index contributed by atoms with van der Waals surface area (Å²) >= 11 is 0. The van der Waals surface area contributed by atoms with E-state index in [0.29, 0.717) is 12.1 Å². The lowest BCUT2D eigenvalue weighted by atomic mass is 9.97. The fourth-order valence-corrected chi connectivity index (χ4v) is 2.13. The summed E-state index contributed by atoms with van der Waals surface area (Å²) < 4.78 is 52.2. The van der Waals surface area contributed by atoms with Crippen molar-refractivity contribution in [1.29, 1.82) is 0 Å². The van der Waals surface area contributed by atoms with Crippen LogP contribution in [-0.2, 0) is 6.18 Å². The van der Waals surface area contributed by atoms with Gasteiger partial charge in [-0.2, -0.15) is 13.2 Å². The second-order valence-corrected chi connectivity index (χ2v) is 4.51. The molecule has 0 saturated carbocycles. The highest BCUT2D eigenvalue weighted by atomic mass is 19.4. The fourth-order valence-electron chi connectivity index (χ4n) is 2.13. The number of nitrogens with one attached hydrogen (secondary N) is 1. The number of benzene rings is 1. The van der Waals surface area contributed by atoms with Gasteiger partial charge in [0.1, 0.15) is 5.82 Å². The Bertz CT molecular complexity index is 611. The predicted octanol–water partition coefficient (Wildman–Crippen LogP) is 3.94. The summed E-state index contributed by atoms with van der Waals surface area (Å²) in [6.45, 7) is 2.29. The smallest absolute Gasteiger partial charge is 0.306 e. The lowest BCUT2D eigenvalue weighted by Gasteiger charge is -2.20. The summed E-state index contributed by atoms with van der Waals surface area (Å²) in [7, 11) is 0. The molecule has 1 unspecified atom stereocenters. The first kappa shape index (κ1) is 15.4. The summed E-state index contributed by atoms with van der Waals surface area (Å²) in [6, 6.07) is 5.70. The number of nitrogens with zero attached hydrogens (tertiary/aromatic N) is 1. The minimum atomic E-state index is -4.43. The first-order chi connectivity index (χ1) is 9.93. The van der Waals surface area contributed by atoms with Crippen molar-refractivity contribution in [2.75, 3.05) is 6.54 Å². The standard InChI is InChI=1S/C15H14F4N2/c1-2-21-14(12-6-7-20-9-13(12)16)10-4-3-5-11(8-10)15(17,18)19/h3-9,14,21H,2H2,1H3. The molecule has 6 heteroatoms. The van der Waals surface area contributed by atoms with Gasteiger partial charge in [0.05, 0.1) is 17.8 Å². The molecule has 0 aliphatic heterocycles. The highest BCUT2D eigenvalue weighted by Gasteiger charge is 2.31. The molecule has 2 rings (SSSR count). The molecule has 0 fully saturated rings. The van der Waals surface area contributed by atoms with E-state index in [4.69, 9.17) is 0 Å². The van der Waals surface area contributed by atoms with E-state index in [2.05, 4.69) is 10.3 Å². The van der Waals surface area contributed by atoms with E-state index in [0.717, 1.165) is 18.3 Å². The van der Waals surface area contributed by atoms with Crippen molar-refractivity contribution >= 4 is 0 Å². The molecule has 2 nitrogen and oxygen atoms in total. The monoisotopic (exact) mass is 298 g/mol. The van der Waals surface area contributed by atoms with E-state index in [1.165, 1.54) is 18.3 Å². The Morgan fingerprint density at radius 1 is 1.24 bits per heavy atom. The summed E-state index contributed by atoms with van der Waals surface area (Å²) in [5.41, 5.74) is -0.125. The third-order valence-electron chi connectivity index (χ3n) is 3.07. The Morgan fingerprint density at radius 2 is 2.00 bits per heavy atom. The van der Waals surface area contributed by atoms with Crippen LogP contribution in [0, 0.1) is 5.82 Å². The molecule has 0 aliphatic rings. The van der Waals surface area contributed by atoms with Gasteiger partial charge in [-0.25, -0.2) is 4.39 Å². The SMILES string of the molecule is CCNC(c1cccc(C(F)(F)F)c1)c1ccncc1F. The van der Waals surface area contributed by atoms with Gasteiger partial charge in [0.2, 0.25) is 0 Å². The van der Waals surface area contributed by atoms with Crippen LogP contribution in [0.5, 0.6) is 0 Å². The minimum Gasteiger partial charge on any atom is -0.306 e. The average molecular weight is 298 g/mol. The number of hydrogen-bond donors (Lipinski definition) is 1. The van der Waals surface area contributed by atoms with Crippen molar-refractivity contribution in [3.05, 3.63) is 65.2 Å². The number of pyridine rings is 1. The van der Waals surface area contributed by atoms with E-state index in [1.807, 2.05) is 0 Å². The molecule has 1 aromatic heterocycles. The van der Waals surface area contributed by atoms with Crippen molar-refractivity contribution in [3.8, 4) is 0 Å². The lowest BCUT2D eigenvalue weighted by Crippen LogP contribution is -2.23. The van der Waals surface area contributed by atoms with Gasteiger partial charge in [-0.3, -0.25) is 4.98 Å². The van der Waals surface area contributed by atoms with Gasteiger partial charge < -0.3 is 5.32 Å². The van der Waals surface area contributed by atoms with Crippen LogP contribution in [0.2, 0.25) is 0 Å². The molecule has 0 bridgehead atoms. The minimum absolute atomic E-state index is 0.270. The van der Waals surface area contributed by atoms with Crippen LogP contribution in [0.3, 0.4) is 0 Å². The van der Waals surface area contributed by atoms with E-state index in [1.54, 1.807) is 13.0 Å². The van der Waals surface area contributed by atoms with Crippen molar-refractivity contribution in [1.82, 2.24) is 10.3 Å². The number of hydrogen-bond acceptors (Lipinski definition) is 2. The highest BCUT2D eigenvalue weighted by Crippen LogP contribution is 2.32. The second-order valence-electron chi connectivity index (χ2n) is 4.51. The molecule has 1 heterocycles. The van der Waals surface area contributed by atoms with Crippen LogP contribution in [0.1, 0.15) is 29.7 Å². The van der Waals surface area contributed by atoms with Crippen LogP contribution in [0.15, 0.2) is 42.7 Å². The molecule has 0 spiro atoms. The molecular formula is C15H14F4N2. The molecule has 1 N–H and O–H groups in total. The molecule has 0 saturated heterocycles. The van der Waals surface area contributed by atoms with Gasteiger partial charge >= 0.3 is 6.18 Å². The van der Waals surface area contributed by atoms with E-state index >= 15 is 0 Å². The van der Waals surface area contributed by atoms with Crippen LogP contribution in [-0.4, -0.2) is 11.5 Å². The van der Waals surface area contributed by atoms with Crippen molar-refractivity contribution in [2.24, 2.45) is 0 Å². The van der Waals surface area contributed by atoms with Gasteiger partial charge in [0.15, 0.2) is 0 Å². The van der Waals surface area contributed by atoms with Crippen LogP contribution >= 0.6 is 0 Å². The number of rotatable bonds is 4. The quantitative estimate of drug-likeness (QED) is 0.865. The molecule has 112 valence electrons. The molecular weight excluding hydrogens is 284 g/mol. The van der Waals surface area contributed by atoms with Crippen molar-refractivity contribution in [2.45, 2.75) is 19.1 Å². The molecule has 1 aromatic carbocycles. The maximum absolute atomic E-state index is 13.9. The summed E-state index contributed by atoms with van der Waals surface area (Å²) in [4.78, 5) is 3.66. The number of halogens is 4. The zero-order valence-electron chi connectivity index (χ0n) is 11.3. The molecule has 0 radical (unpaired) electrons. The van der Waals surface area contributed by atoms with Gasteiger partial charge in [-0.1, -0.05) is 19.1 Å². The molecule has 0 amide bonds. The Hall–Kier alpha value is -1.95. The molecule has 1 atom stereocenters. The first-order valence-electron chi connectivity index (χ1n) is 6.43. The number of alkyl halides is 3. The van der Waals surface area contributed by atoms with Crippen LogP contribution in [0.25, 0.3) is 0 Å². The maximum atomic E-state index is 13.9. The summed E-state index contributed by atoms with van der Waals surface area (Å²) in [6.07, 6.45) is -1.97. The second kappa shape index (κ2) is 6.22. The van der Waals surface area contributed by atoms with Gasteiger partial charge in [0, 0.05) is 11.8 Å². The third-order valence-corrected chi connectivity index (χ3v) is 3.07. The Balaban J connectivity index is 2.46. The van der Waals surface area contributed by atoms with E-state index in [9.17, 15) is 17.6 Å². The largest absolute Gasteiger partial charge is 0.416 e. The number of aromatic nitrogens is 1. The van der Waals surface area contributed by atoms with Gasteiger partial charge in [-0.15, -0.1) is 0 Å². The highest BCUT2D eigenvalue weighted by molar-refractivity contribution is 5.35. The van der Waals surface area contributed by atoms with E-state index in [-0.39, 0.29) is 5.56 Å². The third kappa shape index (κ3) is 3.58. The average Bonchev–Trinajstić information content (AvgIpc) is 2.45. The van der Waals surface area contributed by atoms with Crippen molar-refractivity contribution < 1.29 is 17.6 Å². The molecule has 2 aromatic rings. The molecule has 21 heavy (non-hydrogen) atoms. The topological polar surface area (TPSA) is 24.9 Å². The van der Waals surface area contributed by atoms with Crippen LogP contribution < -0.4 is 5.32 Å². The summed E-state index contributed by atoms with van der Waals surface area (Å²) in [5.74, 6) is -0.555. The Labute approximate surface area is 119 Å². The Morgan fingerprint density at radius 3 is 2.62 bits per heavy atom. The van der Waals surface area contributed by atoms with E-state index < -0.39 is 23.6 Å². The molecule has 0 aliphatic carbocycles. The zero-order valence-corrected chi connectivity index (χ0v) is 11.3. The normalized spacial score (nSPS) is 13.2. The Kier molecular flexibility index (Phi) is 4.57. The fraction of sp³-hybridized carbons (Fsp3) is 0.267. The van der Waals surface area contributed by atoms with Crippen molar-refractivity contribution in [3.63, 3.8) is 0 Å². The predicted molar refractivity (Wildman–Crippen MR) is 71.2 cm³/mol. The van der Waals surface area contributed by atoms with Gasteiger partial charge in [0.25, 0.3) is 0 Å². The van der Waals surface area contributed by atoms with Gasteiger partial charge in [-0.05, 0) is 30.3 Å². The lowest BCUT2D eigenvalue weighted by molar-refractivity contribution is -0.137. The maximum Gasteiger partial charge on any atom is 0.416 e.